The molecule has 0 aliphatic heterocycles. The smallest absolute Gasteiger partial charge is 0.217 e. The summed E-state index contributed by atoms with van der Waals surface area (Å²) < 4.78 is 30.9. The summed E-state index contributed by atoms with van der Waals surface area (Å²) in [4.78, 5) is 0. The van der Waals surface area contributed by atoms with E-state index in [9.17, 15) is 8.42 Å². The first-order chi connectivity index (χ1) is 9.33. The minimum absolute atomic E-state index is 0.0457. The number of nitrogens with zero attached hydrogens (tertiary/aromatic N) is 1. The van der Waals surface area contributed by atoms with Crippen molar-refractivity contribution in [2.75, 3.05) is 31.7 Å². The number of nitrogens with two attached hydrogens (primary N) is 1. The number of nitrogen functional groups attached to an aromatic ring is 1. The van der Waals surface area contributed by atoms with Crippen LogP contribution < -0.4 is 10.5 Å². The first-order valence-electron chi connectivity index (χ1n) is 6.74. The third-order valence-electron chi connectivity index (χ3n) is 3.01. The number of hydrogen-bond donors (Lipinski definition) is 1. The van der Waals surface area contributed by atoms with Crippen LogP contribution in [0.1, 0.15) is 20.3 Å². The number of hydrogen-bond acceptors (Lipinski definition) is 4. The number of para-hydroxylation sites is 2. The molecule has 6 heteroatoms. The van der Waals surface area contributed by atoms with Gasteiger partial charge >= 0.3 is 0 Å². The van der Waals surface area contributed by atoms with Gasteiger partial charge in [0.1, 0.15) is 12.4 Å². The van der Waals surface area contributed by atoms with Gasteiger partial charge in [-0.3, -0.25) is 0 Å². The Balaban J connectivity index is 2.45. The molecular weight excluding hydrogens is 276 g/mol. The van der Waals surface area contributed by atoms with Crippen LogP contribution in [-0.2, 0) is 10.0 Å². The normalized spacial score (nSPS) is 12.1. The maximum Gasteiger partial charge on any atom is 0.217 e. The zero-order valence-corrected chi connectivity index (χ0v) is 13.2. The van der Waals surface area contributed by atoms with Crippen LogP contribution in [-0.4, -0.2) is 38.7 Å². The summed E-state index contributed by atoms with van der Waals surface area (Å²) >= 11 is 0. The standard InChI is InChI=1S/C14H24N2O3S/c1-12(2)8-9-16(3)20(17,18)11-10-19-14-7-5-4-6-13(14)15/h4-7,12H,8-11,15H2,1-3H3. The molecule has 0 aliphatic rings. The molecule has 0 aromatic heterocycles. The highest BCUT2D eigenvalue weighted by molar-refractivity contribution is 7.89. The predicted molar refractivity (Wildman–Crippen MR) is 82.2 cm³/mol. The molecule has 0 spiro atoms. The van der Waals surface area contributed by atoms with Crippen molar-refractivity contribution in [3.05, 3.63) is 24.3 Å². The van der Waals surface area contributed by atoms with Crippen LogP contribution in [0.2, 0.25) is 0 Å². The first kappa shape index (κ1) is 16.8. The van der Waals surface area contributed by atoms with Crippen LogP contribution in [0.3, 0.4) is 0 Å². The van der Waals surface area contributed by atoms with Crippen LogP contribution >= 0.6 is 0 Å². The molecule has 1 rings (SSSR count). The van der Waals surface area contributed by atoms with Gasteiger partial charge in [-0.1, -0.05) is 26.0 Å². The summed E-state index contributed by atoms with van der Waals surface area (Å²) in [5.41, 5.74) is 6.24. The Kier molecular flexibility index (Phi) is 6.29. The van der Waals surface area contributed by atoms with Crippen molar-refractivity contribution in [2.24, 2.45) is 5.92 Å². The molecule has 0 saturated carbocycles. The molecule has 5 nitrogen and oxygen atoms in total. The SMILES string of the molecule is CC(C)CCN(C)S(=O)(=O)CCOc1ccccc1N. The number of anilines is 1. The Labute approximate surface area is 121 Å². The van der Waals surface area contributed by atoms with Gasteiger partial charge in [-0.05, 0) is 24.5 Å². The van der Waals surface area contributed by atoms with Gasteiger partial charge in [-0.2, -0.15) is 0 Å². The predicted octanol–water partition coefficient (Wildman–Crippen LogP) is 1.96. The molecule has 0 aliphatic carbocycles. The van der Waals surface area contributed by atoms with Gasteiger partial charge in [0.25, 0.3) is 0 Å². The fraction of sp³-hybridized carbons (Fsp3) is 0.571. The summed E-state index contributed by atoms with van der Waals surface area (Å²) in [6.45, 7) is 4.78. The Hall–Kier alpha value is -1.27. The van der Waals surface area contributed by atoms with Crippen molar-refractivity contribution < 1.29 is 13.2 Å². The highest BCUT2D eigenvalue weighted by Gasteiger charge is 2.18. The van der Waals surface area contributed by atoms with Crippen LogP contribution in [0, 0.1) is 5.92 Å². The molecule has 114 valence electrons. The van der Waals surface area contributed by atoms with Gasteiger partial charge in [0.15, 0.2) is 0 Å². The van der Waals surface area contributed by atoms with Crippen molar-refractivity contribution in [3.8, 4) is 5.75 Å². The molecule has 0 bridgehead atoms. The lowest BCUT2D eigenvalue weighted by Gasteiger charge is -2.18. The van der Waals surface area contributed by atoms with Gasteiger partial charge < -0.3 is 10.5 Å². The largest absolute Gasteiger partial charge is 0.490 e. The fourth-order valence-electron chi connectivity index (χ4n) is 1.60. The molecule has 20 heavy (non-hydrogen) atoms. The Morgan fingerprint density at radius 2 is 1.95 bits per heavy atom. The van der Waals surface area contributed by atoms with Gasteiger partial charge in [0.05, 0.1) is 11.4 Å². The molecule has 1 aromatic rings. The second-order valence-corrected chi connectivity index (χ2v) is 7.40. The Bertz CT molecular complexity index is 515. The van der Waals surface area contributed by atoms with E-state index in [1.807, 2.05) is 0 Å². The van der Waals surface area contributed by atoms with Crippen molar-refractivity contribution in [3.63, 3.8) is 0 Å². The van der Waals surface area contributed by atoms with Crippen molar-refractivity contribution in [1.82, 2.24) is 4.31 Å². The number of rotatable bonds is 8. The Morgan fingerprint density at radius 3 is 2.55 bits per heavy atom. The summed E-state index contributed by atoms with van der Waals surface area (Å²) in [7, 11) is -1.67. The highest BCUT2D eigenvalue weighted by Crippen LogP contribution is 2.19. The average Bonchev–Trinajstić information content (AvgIpc) is 2.38. The van der Waals surface area contributed by atoms with Gasteiger partial charge in [0, 0.05) is 13.6 Å². The maximum absolute atomic E-state index is 12.0. The van der Waals surface area contributed by atoms with E-state index in [1.54, 1.807) is 31.3 Å². The monoisotopic (exact) mass is 300 g/mol. The molecule has 0 amide bonds. The number of benzene rings is 1. The van der Waals surface area contributed by atoms with E-state index in [2.05, 4.69) is 13.8 Å². The van der Waals surface area contributed by atoms with E-state index in [0.717, 1.165) is 6.42 Å². The Morgan fingerprint density at radius 1 is 1.30 bits per heavy atom. The van der Waals surface area contributed by atoms with Gasteiger partial charge in [-0.25, -0.2) is 12.7 Å². The third-order valence-corrected chi connectivity index (χ3v) is 4.83. The average molecular weight is 300 g/mol. The molecule has 0 unspecified atom stereocenters. The van der Waals surface area contributed by atoms with Crippen LogP contribution in [0.5, 0.6) is 5.75 Å². The minimum Gasteiger partial charge on any atom is -0.490 e. The summed E-state index contributed by atoms with van der Waals surface area (Å²) in [5.74, 6) is 0.955. The second kappa shape index (κ2) is 7.50. The molecular formula is C14H24N2O3S. The molecule has 0 atom stereocenters. The summed E-state index contributed by atoms with van der Waals surface area (Å²) in [5, 5.41) is 0. The van der Waals surface area contributed by atoms with E-state index < -0.39 is 10.0 Å². The third kappa shape index (κ3) is 5.38. The lowest BCUT2D eigenvalue weighted by Crippen LogP contribution is -2.32. The second-order valence-electron chi connectivity index (χ2n) is 5.21. The minimum atomic E-state index is -3.27. The van der Waals surface area contributed by atoms with Crippen LogP contribution in [0.15, 0.2) is 24.3 Å². The molecule has 0 radical (unpaired) electrons. The van der Waals surface area contributed by atoms with Crippen molar-refractivity contribution in [2.45, 2.75) is 20.3 Å². The molecule has 0 heterocycles. The number of sulfonamides is 1. The molecule has 2 N–H and O–H groups in total. The van der Waals surface area contributed by atoms with Crippen LogP contribution in [0.4, 0.5) is 5.69 Å². The van der Waals surface area contributed by atoms with Crippen molar-refractivity contribution in [1.29, 1.82) is 0 Å². The fourth-order valence-corrected chi connectivity index (χ4v) is 2.59. The van der Waals surface area contributed by atoms with Gasteiger partial charge in [-0.15, -0.1) is 0 Å². The van der Waals surface area contributed by atoms with E-state index in [1.165, 1.54) is 4.31 Å². The molecule has 0 fully saturated rings. The topological polar surface area (TPSA) is 72.6 Å². The van der Waals surface area contributed by atoms with Crippen LogP contribution in [0.25, 0.3) is 0 Å². The van der Waals surface area contributed by atoms with E-state index >= 15 is 0 Å². The zero-order chi connectivity index (χ0) is 15.2. The molecule has 1 aromatic carbocycles. The quantitative estimate of drug-likeness (QED) is 0.745. The van der Waals surface area contributed by atoms with E-state index in [4.69, 9.17) is 10.5 Å². The lowest BCUT2D eigenvalue weighted by atomic mass is 10.1. The van der Waals surface area contributed by atoms with Crippen molar-refractivity contribution >= 4 is 15.7 Å². The first-order valence-corrected chi connectivity index (χ1v) is 8.35. The summed E-state index contributed by atoms with van der Waals surface area (Å²) in [6, 6.07) is 7.05. The highest BCUT2D eigenvalue weighted by atomic mass is 32.2. The summed E-state index contributed by atoms with van der Waals surface area (Å²) in [6.07, 6.45) is 0.849. The van der Waals surface area contributed by atoms with E-state index in [-0.39, 0.29) is 12.4 Å². The lowest BCUT2D eigenvalue weighted by molar-refractivity contribution is 0.337. The molecule has 0 saturated heterocycles. The van der Waals surface area contributed by atoms with Gasteiger partial charge in [0.2, 0.25) is 10.0 Å². The zero-order valence-electron chi connectivity index (χ0n) is 12.4. The number of ether oxygens (including phenoxy) is 1. The van der Waals surface area contributed by atoms with E-state index in [0.29, 0.717) is 23.9 Å². The maximum atomic E-state index is 12.0.